The van der Waals surface area contributed by atoms with E-state index in [0.29, 0.717) is 19.3 Å². The second-order valence-electron chi connectivity index (χ2n) is 16.0. The largest absolute Gasteiger partial charge is 0.462 e. The number of benzene rings is 1. The second-order valence-corrected chi connectivity index (χ2v) is 16.0. The van der Waals surface area contributed by atoms with Crippen LogP contribution in [-0.2, 0) is 30.2 Å². The van der Waals surface area contributed by atoms with E-state index in [-0.39, 0.29) is 11.8 Å². The molecule has 0 saturated heterocycles. The van der Waals surface area contributed by atoms with E-state index in [1.807, 2.05) is 0 Å². The first-order valence-electron chi connectivity index (χ1n) is 17.4. The predicted molar refractivity (Wildman–Crippen MR) is 177 cm³/mol. The van der Waals surface area contributed by atoms with Crippen molar-refractivity contribution in [3.8, 4) is 0 Å². The molecule has 0 aliphatic heterocycles. The molecule has 1 aromatic carbocycles. The third kappa shape index (κ3) is 5.53. The molecule has 3 fully saturated rings. The van der Waals surface area contributed by atoms with Crippen molar-refractivity contribution in [2.75, 3.05) is 0 Å². The van der Waals surface area contributed by atoms with E-state index < -0.39 is 75.8 Å². The molecule has 3 unspecified atom stereocenters. The zero-order valence-electron chi connectivity index (χ0n) is 30.1. The molecule has 8 heteroatoms. The van der Waals surface area contributed by atoms with Gasteiger partial charge in [0.1, 0.15) is 18.3 Å². The van der Waals surface area contributed by atoms with E-state index in [9.17, 15) is 24.9 Å². The van der Waals surface area contributed by atoms with Gasteiger partial charge in [-0.05, 0) is 80.8 Å². The van der Waals surface area contributed by atoms with Gasteiger partial charge in [-0.15, -0.1) is 0 Å². The van der Waals surface area contributed by atoms with E-state index in [2.05, 4.69) is 65.8 Å². The molecule has 4 rings (SSSR count). The van der Waals surface area contributed by atoms with Crippen LogP contribution in [0.1, 0.15) is 125 Å². The molecule has 46 heavy (non-hydrogen) atoms. The van der Waals surface area contributed by atoms with Crippen LogP contribution in [0.3, 0.4) is 0 Å². The number of aryl methyl sites for hydroxylation is 1. The molecule has 1 aromatic rings. The second kappa shape index (κ2) is 12.8. The molecule has 3 saturated carbocycles. The first-order chi connectivity index (χ1) is 21.2. The van der Waals surface area contributed by atoms with Crippen molar-refractivity contribution in [3.63, 3.8) is 0 Å². The highest BCUT2D eigenvalue weighted by Gasteiger charge is 2.76. The minimum Gasteiger partial charge on any atom is -0.462 e. The summed E-state index contributed by atoms with van der Waals surface area (Å²) in [5.74, 6) is -1.30. The number of hydrogen-bond donors (Lipinski definition) is 3. The van der Waals surface area contributed by atoms with Crippen LogP contribution in [0.5, 0.6) is 0 Å². The van der Waals surface area contributed by atoms with E-state index in [1.165, 1.54) is 31.9 Å². The van der Waals surface area contributed by atoms with Gasteiger partial charge in [0, 0.05) is 30.6 Å². The lowest BCUT2D eigenvalue weighted by Gasteiger charge is -2.74. The lowest BCUT2D eigenvalue weighted by atomic mass is 9.33. The SMILES string of the molecule is CCc1ccccc1[C@@H](C)C[C@]1(O)[C@@H](C)CC[C@]2(C)C3[C@H](OC(C)=O)[C@H](OC(C)O)[C@](C)(C(C)OC(C)=O)[C@@H](O)[C@]3(C)CC[C@]21C. The predicted octanol–water partition coefficient (Wildman–Crippen LogP) is 6.32. The number of carbonyl (C=O) groups excluding carboxylic acids is 2. The average molecular weight is 645 g/mol. The van der Waals surface area contributed by atoms with Crippen molar-refractivity contribution >= 4 is 11.9 Å². The average Bonchev–Trinajstić information content (AvgIpc) is 2.97. The zero-order valence-corrected chi connectivity index (χ0v) is 30.1. The Bertz CT molecular complexity index is 1280. The molecule has 0 heterocycles. The Kier molecular flexibility index (Phi) is 10.2. The van der Waals surface area contributed by atoms with Gasteiger partial charge in [-0.3, -0.25) is 9.59 Å². The Balaban J connectivity index is 1.90. The number of hydrogen-bond acceptors (Lipinski definition) is 8. The Morgan fingerprint density at radius 2 is 1.63 bits per heavy atom. The highest BCUT2D eigenvalue weighted by Crippen LogP contribution is 2.74. The number of aliphatic hydroxyl groups excluding tert-OH is 2. The first-order valence-corrected chi connectivity index (χ1v) is 17.4. The van der Waals surface area contributed by atoms with Crippen molar-refractivity contribution in [2.45, 2.75) is 157 Å². The number of esters is 2. The quantitative estimate of drug-likeness (QED) is 0.211. The molecule has 260 valence electrons. The van der Waals surface area contributed by atoms with Crippen LogP contribution >= 0.6 is 0 Å². The van der Waals surface area contributed by atoms with Gasteiger partial charge in [-0.1, -0.05) is 72.7 Å². The van der Waals surface area contributed by atoms with Gasteiger partial charge in [0.2, 0.25) is 0 Å². The molecular formula is C38H60O8. The molecule has 8 nitrogen and oxygen atoms in total. The summed E-state index contributed by atoms with van der Waals surface area (Å²) in [4.78, 5) is 25.1. The first kappa shape index (κ1) is 36.8. The smallest absolute Gasteiger partial charge is 0.303 e. The van der Waals surface area contributed by atoms with Crippen LogP contribution in [0.25, 0.3) is 0 Å². The normalized spacial score (nSPS) is 42.6. The molecule has 13 atom stereocenters. The minimum absolute atomic E-state index is 0.0191. The topological polar surface area (TPSA) is 123 Å². The van der Waals surface area contributed by atoms with Crippen LogP contribution in [0.2, 0.25) is 0 Å². The molecule has 3 aliphatic carbocycles. The lowest BCUT2D eigenvalue weighted by Crippen LogP contribution is -2.78. The Morgan fingerprint density at radius 3 is 2.20 bits per heavy atom. The highest BCUT2D eigenvalue weighted by atomic mass is 16.6. The Morgan fingerprint density at radius 1 is 1.00 bits per heavy atom. The summed E-state index contributed by atoms with van der Waals surface area (Å²) in [6.07, 6.45) is -0.748. The zero-order chi connectivity index (χ0) is 34.6. The van der Waals surface area contributed by atoms with Gasteiger partial charge in [0.15, 0.2) is 6.29 Å². The number of ether oxygens (including phenoxy) is 3. The number of carbonyl (C=O) groups is 2. The number of rotatable bonds is 9. The molecular weight excluding hydrogens is 584 g/mol. The van der Waals surface area contributed by atoms with Crippen molar-refractivity contribution in [2.24, 2.45) is 33.5 Å². The van der Waals surface area contributed by atoms with Crippen molar-refractivity contribution in [1.29, 1.82) is 0 Å². The third-order valence-electron chi connectivity index (χ3n) is 13.6. The number of fused-ring (bicyclic) bond motifs is 3. The summed E-state index contributed by atoms with van der Waals surface area (Å²) in [5.41, 5.74) is -1.74. The summed E-state index contributed by atoms with van der Waals surface area (Å²) >= 11 is 0. The van der Waals surface area contributed by atoms with Gasteiger partial charge in [-0.2, -0.15) is 0 Å². The molecule has 0 aromatic heterocycles. The van der Waals surface area contributed by atoms with E-state index >= 15 is 0 Å². The molecule has 3 aliphatic rings. The summed E-state index contributed by atoms with van der Waals surface area (Å²) in [6, 6.07) is 8.48. The molecule has 0 amide bonds. The maximum atomic E-state index is 13.2. The van der Waals surface area contributed by atoms with Crippen LogP contribution in [0.4, 0.5) is 0 Å². The van der Waals surface area contributed by atoms with Crippen LogP contribution in [-0.4, -0.2) is 63.6 Å². The van der Waals surface area contributed by atoms with Gasteiger partial charge in [0.25, 0.3) is 0 Å². The van der Waals surface area contributed by atoms with Crippen LogP contribution in [0, 0.1) is 33.5 Å². The molecule has 3 N–H and O–H groups in total. The summed E-state index contributed by atoms with van der Waals surface area (Å²) in [6.45, 7) is 20.7. The minimum atomic E-state index is -1.24. The van der Waals surface area contributed by atoms with Gasteiger partial charge in [-0.25, -0.2) is 0 Å². The van der Waals surface area contributed by atoms with Gasteiger partial charge < -0.3 is 29.5 Å². The van der Waals surface area contributed by atoms with E-state index in [4.69, 9.17) is 14.2 Å². The lowest BCUT2D eigenvalue weighted by molar-refractivity contribution is -0.350. The van der Waals surface area contributed by atoms with Crippen molar-refractivity contribution < 1.29 is 39.1 Å². The maximum absolute atomic E-state index is 13.2. The monoisotopic (exact) mass is 644 g/mol. The van der Waals surface area contributed by atoms with Gasteiger partial charge >= 0.3 is 11.9 Å². The Hall–Kier alpha value is -2.00. The van der Waals surface area contributed by atoms with E-state index in [0.717, 1.165) is 19.3 Å². The number of aliphatic hydroxyl groups is 3. The van der Waals surface area contributed by atoms with Gasteiger partial charge in [0.05, 0.1) is 17.1 Å². The summed E-state index contributed by atoms with van der Waals surface area (Å²) in [5, 5.41) is 36.4. The highest BCUT2D eigenvalue weighted by molar-refractivity contribution is 5.67. The molecule has 0 radical (unpaired) electrons. The Labute approximate surface area is 276 Å². The van der Waals surface area contributed by atoms with Crippen LogP contribution in [0.15, 0.2) is 24.3 Å². The van der Waals surface area contributed by atoms with E-state index in [1.54, 1.807) is 13.8 Å². The maximum Gasteiger partial charge on any atom is 0.303 e. The molecule has 0 bridgehead atoms. The van der Waals surface area contributed by atoms with Crippen LogP contribution < -0.4 is 0 Å². The summed E-state index contributed by atoms with van der Waals surface area (Å²) < 4.78 is 18.2. The molecule has 0 spiro atoms. The van der Waals surface area contributed by atoms with Crippen molar-refractivity contribution in [1.82, 2.24) is 0 Å². The standard InChI is InChI=1S/C38H60O8/c1-12-28-15-13-14-16-29(28)22(2)21-38(43)23(3)17-18-35(9)31-30(45-26(6)40)32(46-27(7)41)37(11,24(4)44-25(5)39)33(42)34(31,8)19-20-36(35,38)10/h13-16,22-24,27,30-33,41-43H,12,17-21H2,1-11H3/t22-,23-,24?,27?,30-,31?,32-,33-,34+,35+,36+,37-,38-/m0/s1. The fraction of sp³-hybridized carbons (Fsp3) is 0.789. The van der Waals surface area contributed by atoms with Crippen molar-refractivity contribution in [3.05, 3.63) is 35.4 Å². The summed E-state index contributed by atoms with van der Waals surface area (Å²) in [7, 11) is 0. The fourth-order valence-electron chi connectivity index (χ4n) is 10.8. The third-order valence-corrected chi connectivity index (χ3v) is 13.6. The fourth-order valence-corrected chi connectivity index (χ4v) is 10.8.